The standard InChI is InChI=1S/C15H14F4N2O2/c16-14(17)15(18,19)9-23-8-13(22)21-7-10-5-6-20-12-4-2-1-3-11(10)12/h1-6,14H,7-9H2,(H,21,22). The molecule has 0 saturated heterocycles. The Bertz CT molecular complexity index is 674. The van der Waals surface area contributed by atoms with Crippen molar-refractivity contribution < 1.29 is 27.1 Å². The van der Waals surface area contributed by atoms with E-state index in [0.29, 0.717) is 0 Å². The highest BCUT2D eigenvalue weighted by atomic mass is 19.3. The largest absolute Gasteiger partial charge is 0.365 e. The summed E-state index contributed by atoms with van der Waals surface area (Å²) in [6.45, 7) is -2.07. The third-order valence-corrected chi connectivity index (χ3v) is 3.06. The number of carbonyl (C=O) groups excluding carboxylic acids is 1. The van der Waals surface area contributed by atoms with Crippen LogP contribution in [-0.4, -0.2) is 36.5 Å². The number of alkyl halides is 4. The molecule has 0 atom stereocenters. The van der Waals surface area contributed by atoms with Crippen LogP contribution in [0.5, 0.6) is 0 Å². The third-order valence-electron chi connectivity index (χ3n) is 3.06. The molecular weight excluding hydrogens is 316 g/mol. The summed E-state index contributed by atoms with van der Waals surface area (Å²) >= 11 is 0. The van der Waals surface area contributed by atoms with Crippen molar-refractivity contribution in [3.63, 3.8) is 0 Å². The van der Waals surface area contributed by atoms with E-state index in [4.69, 9.17) is 0 Å². The maximum atomic E-state index is 12.6. The summed E-state index contributed by atoms with van der Waals surface area (Å²) in [5.74, 6) is -4.93. The number of hydrogen-bond donors (Lipinski definition) is 1. The van der Waals surface area contributed by atoms with Crippen molar-refractivity contribution in [1.29, 1.82) is 0 Å². The van der Waals surface area contributed by atoms with Gasteiger partial charge < -0.3 is 10.1 Å². The van der Waals surface area contributed by atoms with Gasteiger partial charge in [-0.2, -0.15) is 8.78 Å². The number of pyridine rings is 1. The van der Waals surface area contributed by atoms with Crippen LogP contribution < -0.4 is 5.32 Å². The van der Waals surface area contributed by atoms with Gasteiger partial charge in [-0.05, 0) is 17.7 Å². The van der Waals surface area contributed by atoms with E-state index in [9.17, 15) is 22.4 Å². The molecule has 0 aliphatic heterocycles. The van der Waals surface area contributed by atoms with E-state index >= 15 is 0 Å². The van der Waals surface area contributed by atoms with E-state index in [-0.39, 0.29) is 6.54 Å². The molecule has 2 aromatic rings. The van der Waals surface area contributed by atoms with E-state index in [1.807, 2.05) is 24.3 Å². The Morgan fingerprint density at radius 3 is 2.74 bits per heavy atom. The number of aromatic nitrogens is 1. The molecule has 0 fully saturated rings. The van der Waals surface area contributed by atoms with Gasteiger partial charge in [0.1, 0.15) is 13.2 Å². The number of halogens is 4. The highest BCUT2D eigenvalue weighted by Gasteiger charge is 2.41. The molecule has 8 heteroatoms. The van der Waals surface area contributed by atoms with Crippen LogP contribution >= 0.6 is 0 Å². The highest BCUT2D eigenvalue weighted by molar-refractivity contribution is 5.83. The van der Waals surface area contributed by atoms with Crippen LogP contribution in [0, 0.1) is 0 Å². The molecule has 1 heterocycles. The second-order valence-corrected chi connectivity index (χ2v) is 4.82. The Hall–Kier alpha value is -2.22. The van der Waals surface area contributed by atoms with E-state index in [1.165, 1.54) is 0 Å². The lowest BCUT2D eigenvalue weighted by Gasteiger charge is -2.15. The van der Waals surface area contributed by atoms with Crippen LogP contribution in [0.4, 0.5) is 17.6 Å². The number of ether oxygens (including phenoxy) is 1. The van der Waals surface area contributed by atoms with Crippen molar-refractivity contribution in [2.75, 3.05) is 13.2 Å². The highest BCUT2D eigenvalue weighted by Crippen LogP contribution is 2.22. The Morgan fingerprint density at radius 2 is 2.00 bits per heavy atom. The van der Waals surface area contributed by atoms with Crippen LogP contribution in [0.3, 0.4) is 0 Å². The number of carbonyl (C=O) groups is 1. The van der Waals surface area contributed by atoms with Crippen molar-refractivity contribution in [3.05, 3.63) is 42.1 Å². The SMILES string of the molecule is O=C(COCC(F)(F)C(F)F)NCc1ccnc2ccccc12. The number of benzene rings is 1. The molecule has 1 aromatic heterocycles. The molecular formula is C15H14F4N2O2. The average molecular weight is 330 g/mol. The van der Waals surface area contributed by atoms with E-state index in [2.05, 4.69) is 15.0 Å². The van der Waals surface area contributed by atoms with Crippen molar-refractivity contribution in [2.24, 2.45) is 0 Å². The normalized spacial score (nSPS) is 11.9. The zero-order chi connectivity index (χ0) is 16.9. The molecule has 0 unspecified atom stereocenters. The number of nitrogens with one attached hydrogen (secondary N) is 1. The monoisotopic (exact) mass is 330 g/mol. The Balaban J connectivity index is 1.85. The Morgan fingerprint density at radius 1 is 1.26 bits per heavy atom. The molecule has 124 valence electrons. The minimum Gasteiger partial charge on any atom is -0.365 e. The summed E-state index contributed by atoms with van der Waals surface area (Å²) in [5, 5.41) is 3.33. The molecule has 0 aliphatic rings. The Labute approximate surface area is 129 Å². The fraction of sp³-hybridized carbons (Fsp3) is 0.333. The summed E-state index contributed by atoms with van der Waals surface area (Å²) in [5.41, 5.74) is 1.55. The summed E-state index contributed by atoms with van der Waals surface area (Å²) in [6, 6.07) is 9.02. The number of nitrogens with zero attached hydrogens (tertiary/aromatic N) is 1. The zero-order valence-electron chi connectivity index (χ0n) is 11.9. The lowest BCUT2D eigenvalue weighted by molar-refractivity contribution is -0.168. The van der Waals surface area contributed by atoms with Gasteiger partial charge >= 0.3 is 12.3 Å². The van der Waals surface area contributed by atoms with E-state index < -0.39 is 31.5 Å². The third kappa shape index (κ3) is 4.62. The van der Waals surface area contributed by atoms with Gasteiger partial charge in [0, 0.05) is 18.1 Å². The van der Waals surface area contributed by atoms with Crippen LogP contribution in [0.2, 0.25) is 0 Å². The van der Waals surface area contributed by atoms with Gasteiger partial charge in [-0.25, -0.2) is 8.78 Å². The predicted molar refractivity (Wildman–Crippen MR) is 75.4 cm³/mol. The first-order valence-corrected chi connectivity index (χ1v) is 6.73. The first-order chi connectivity index (χ1) is 10.9. The number of fused-ring (bicyclic) bond motifs is 1. The van der Waals surface area contributed by atoms with Gasteiger partial charge in [0.15, 0.2) is 0 Å². The quantitative estimate of drug-likeness (QED) is 0.794. The second-order valence-electron chi connectivity index (χ2n) is 4.82. The van der Waals surface area contributed by atoms with Gasteiger partial charge in [-0.15, -0.1) is 0 Å². The van der Waals surface area contributed by atoms with Gasteiger partial charge in [-0.1, -0.05) is 18.2 Å². The summed E-state index contributed by atoms with van der Waals surface area (Å²) in [7, 11) is 0. The van der Waals surface area contributed by atoms with Crippen molar-refractivity contribution in [2.45, 2.75) is 18.9 Å². The van der Waals surface area contributed by atoms with Gasteiger partial charge in [0.2, 0.25) is 5.91 Å². The molecule has 0 saturated carbocycles. The molecule has 23 heavy (non-hydrogen) atoms. The maximum absolute atomic E-state index is 12.6. The molecule has 1 N–H and O–H groups in total. The average Bonchev–Trinajstić information content (AvgIpc) is 2.52. The second kappa shape index (κ2) is 7.36. The van der Waals surface area contributed by atoms with Crippen molar-refractivity contribution in [1.82, 2.24) is 10.3 Å². The predicted octanol–water partition coefficient (Wildman–Crippen LogP) is 2.77. The topological polar surface area (TPSA) is 51.2 Å². The van der Waals surface area contributed by atoms with Crippen molar-refractivity contribution >= 4 is 16.8 Å². The molecule has 0 aliphatic carbocycles. The molecule has 0 radical (unpaired) electrons. The van der Waals surface area contributed by atoms with Crippen LogP contribution in [0.1, 0.15) is 5.56 Å². The molecule has 1 amide bonds. The lowest BCUT2D eigenvalue weighted by Crippen LogP contribution is -2.35. The van der Waals surface area contributed by atoms with Gasteiger partial charge in [0.05, 0.1) is 5.52 Å². The van der Waals surface area contributed by atoms with Crippen molar-refractivity contribution in [3.8, 4) is 0 Å². The number of hydrogen-bond acceptors (Lipinski definition) is 3. The smallest absolute Gasteiger partial charge is 0.330 e. The van der Waals surface area contributed by atoms with Crippen LogP contribution in [-0.2, 0) is 16.1 Å². The minimum absolute atomic E-state index is 0.149. The fourth-order valence-electron chi connectivity index (χ4n) is 1.90. The molecule has 0 spiro atoms. The van der Waals surface area contributed by atoms with E-state index in [1.54, 1.807) is 12.3 Å². The van der Waals surface area contributed by atoms with Gasteiger partial charge in [-0.3, -0.25) is 9.78 Å². The fourth-order valence-corrected chi connectivity index (χ4v) is 1.90. The molecule has 0 bridgehead atoms. The number of rotatable bonds is 7. The summed E-state index contributed by atoms with van der Waals surface area (Å²) < 4.78 is 53.4. The first-order valence-electron chi connectivity index (χ1n) is 6.73. The molecule has 1 aromatic carbocycles. The summed E-state index contributed by atoms with van der Waals surface area (Å²) in [6.07, 6.45) is -2.24. The zero-order valence-corrected chi connectivity index (χ0v) is 11.9. The molecule has 4 nitrogen and oxygen atoms in total. The van der Waals surface area contributed by atoms with Gasteiger partial charge in [0.25, 0.3) is 0 Å². The minimum atomic E-state index is -4.26. The summed E-state index contributed by atoms with van der Waals surface area (Å²) in [4.78, 5) is 15.7. The molecule has 2 rings (SSSR count). The number of amides is 1. The van der Waals surface area contributed by atoms with E-state index in [0.717, 1.165) is 16.5 Å². The van der Waals surface area contributed by atoms with Crippen LogP contribution in [0.25, 0.3) is 10.9 Å². The van der Waals surface area contributed by atoms with Crippen LogP contribution in [0.15, 0.2) is 36.5 Å². The first kappa shape index (κ1) is 17.1. The number of para-hydroxylation sites is 1. The maximum Gasteiger partial charge on any atom is 0.330 e. The Kier molecular flexibility index (Phi) is 5.49. The lowest BCUT2D eigenvalue weighted by atomic mass is 10.1.